The molecule has 0 fully saturated rings. The van der Waals surface area contributed by atoms with Gasteiger partial charge in [0.25, 0.3) is 0 Å². The average molecular weight is 167 g/mol. The van der Waals surface area contributed by atoms with Crippen LogP contribution in [0, 0.1) is 5.92 Å². The monoisotopic (exact) mass is 167 g/mol. The molecule has 0 aliphatic heterocycles. The zero-order chi connectivity index (χ0) is 9.40. The highest BCUT2D eigenvalue weighted by molar-refractivity contribution is 5.72. The molecule has 68 valence electrons. The van der Waals surface area contributed by atoms with Crippen LogP contribution in [0.2, 0.25) is 0 Å². The molecule has 3 heteroatoms. The van der Waals surface area contributed by atoms with Crippen LogP contribution in [0.5, 0.6) is 0 Å². The minimum absolute atomic E-state index is 0.406. The number of rotatable bonds is 5. The van der Waals surface area contributed by atoms with Gasteiger partial charge in [-0.25, -0.2) is 0 Å². The van der Waals surface area contributed by atoms with Gasteiger partial charge in [-0.3, -0.25) is 9.98 Å². The number of nitrogens with one attached hydrogen (secondary N) is 1. The molecule has 0 spiro atoms. The number of hydrogen-bond donors (Lipinski definition) is 1. The minimum atomic E-state index is 0.406. The highest BCUT2D eigenvalue weighted by atomic mass is 15.0. The average Bonchev–Trinajstić information content (AvgIpc) is 2.04. The summed E-state index contributed by atoms with van der Waals surface area (Å²) in [5.74, 6) is 0.406. The number of aliphatic imine (C=N–C) groups is 2. The van der Waals surface area contributed by atoms with E-state index in [1.807, 2.05) is 13.1 Å². The minimum Gasteiger partial charge on any atom is -0.301 e. The summed E-state index contributed by atoms with van der Waals surface area (Å²) in [5.41, 5.74) is 0.967. The van der Waals surface area contributed by atoms with Crippen LogP contribution in [0.25, 0.3) is 0 Å². The van der Waals surface area contributed by atoms with Gasteiger partial charge in [-0.2, -0.15) is 0 Å². The van der Waals surface area contributed by atoms with Crippen molar-refractivity contribution in [3.05, 3.63) is 11.8 Å². The van der Waals surface area contributed by atoms with Gasteiger partial charge in [-0.1, -0.05) is 13.8 Å². The molecule has 3 nitrogen and oxygen atoms in total. The molecule has 0 saturated carbocycles. The summed E-state index contributed by atoms with van der Waals surface area (Å²) in [5, 5.41) is 2.92. The van der Waals surface area contributed by atoms with Crippen LogP contribution in [-0.2, 0) is 0 Å². The Morgan fingerprint density at radius 1 is 1.58 bits per heavy atom. The summed E-state index contributed by atoms with van der Waals surface area (Å²) in [6.45, 7) is 8.28. The normalized spacial score (nSPS) is 12.8. The Hall–Kier alpha value is -0.960. The van der Waals surface area contributed by atoms with Gasteiger partial charge in [0.2, 0.25) is 0 Å². The molecule has 0 aliphatic rings. The number of allylic oxidation sites excluding steroid dienone is 2. The van der Waals surface area contributed by atoms with Crippen LogP contribution in [0.1, 0.15) is 13.8 Å². The first-order chi connectivity index (χ1) is 5.72. The van der Waals surface area contributed by atoms with Crippen molar-refractivity contribution >= 4 is 12.9 Å². The fourth-order valence-corrected chi connectivity index (χ4v) is 0.701. The van der Waals surface area contributed by atoms with Crippen molar-refractivity contribution in [1.82, 2.24) is 5.32 Å². The first kappa shape index (κ1) is 11.0. The molecule has 0 aromatic carbocycles. The largest absolute Gasteiger partial charge is 0.301 e. The zero-order valence-corrected chi connectivity index (χ0v) is 8.04. The van der Waals surface area contributed by atoms with Crippen LogP contribution in [-0.4, -0.2) is 26.6 Å². The lowest BCUT2D eigenvalue weighted by Gasteiger charge is -2.01. The maximum absolute atomic E-state index is 4.06. The van der Waals surface area contributed by atoms with Crippen LogP contribution >= 0.6 is 0 Å². The van der Waals surface area contributed by atoms with Gasteiger partial charge in [0.1, 0.15) is 0 Å². The van der Waals surface area contributed by atoms with Gasteiger partial charge < -0.3 is 5.32 Å². The molecular formula is C9H17N3. The van der Waals surface area contributed by atoms with Crippen molar-refractivity contribution in [2.24, 2.45) is 15.9 Å². The lowest BCUT2D eigenvalue weighted by atomic mass is 10.1. The highest BCUT2D eigenvalue weighted by Crippen LogP contribution is 2.08. The Labute approximate surface area is 74.3 Å². The zero-order valence-electron chi connectivity index (χ0n) is 8.04. The van der Waals surface area contributed by atoms with E-state index >= 15 is 0 Å². The van der Waals surface area contributed by atoms with Crippen molar-refractivity contribution in [3.8, 4) is 0 Å². The second-order valence-electron chi connectivity index (χ2n) is 2.75. The summed E-state index contributed by atoms with van der Waals surface area (Å²) >= 11 is 0. The summed E-state index contributed by atoms with van der Waals surface area (Å²) < 4.78 is 0. The van der Waals surface area contributed by atoms with E-state index in [1.165, 1.54) is 0 Å². The molecular weight excluding hydrogens is 150 g/mol. The molecule has 0 radical (unpaired) electrons. The molecule has 0 atom stereocenters. The van der Waals surface area contributed by atoms with Crippen molar-refractivity contribution < 1.29 is 0 Å². The van der Waals surface area contributed by atoms with E-state index in [0.717, 1.165) is 5.70 Å². The molecule has 1 N–H and O–H groups in total. The quantitative estimate of drug-likeness (QED) is 0.618. The Kier molecular flexibility index (Phi) is 6.19. The molecule has 12 heavy (non-hydrogen) atoms. The summed E-state index contributed by atoms with van der Waals surface area (Å²) in [4.78, 5) is 7.94. The summed E-state index contributed by atoms with van der Waals surface area (Å²) in [7, 11) is 1.86. The Bertz CT molecular complexity index is 180. The van der Waals surface area contributed by atoms with E-state index in [4.69, 9.17) is 0 Å². The smallest absolute Gasteiger partial charge is 0.0881 e. The highest BCUT2D eigenvalue weighted by Gasteiger charge is 1.96. The fraction of sp³-hybridized carbons (Fsp3) is 0.556. The first-order valence-electron chi connectivity index (χ1n) is 4.03. The topological polar surface area (TPSA) is 36.8 Å². The molecule has 0 unspecified atom stereocenters. The van der Waals surface area contributed by atoms with E-state index in [0.29, 0.717) is 12.6 Å². The first-order valence-corrected chi connectivity index (χ1v) is 4.03. The van der Waals surface area contributed by atoms with Crippen LogP contribution in [0.3, 0.4) is 0 Å². The lowest BCUT2D eigenvalue weighted by Crippen LogP contribution is -2.04. The lowest BCUT2D eigenvalue weighted by molar-refractivity contribution is 0.761. The van der Waals surface area contributed by atoms with Crippen LogP contribution in [0.4, 0.5) is 0 Å². The Morgan fingerprint density at radius 3 is 2.67 bits per heavy atom. The Balaban J connectivity index is 4.02. The van der Waals surface area contributed by atoms with E-state index in [-0.39, 0.29) is 0 Å². The molecule has 0 aromatic rings. The molecule has 0 saturated heterocycles. The molecule has 0 aromatic heterocycles. The third-order valence-electron chi connectivity index (χ3n) is 1.37. The van der Waals surface area contributed by atoms with E-state index in [2.05, 4.69) is 35.9 Å². The van der Waals surface area contributed by atoms with Gasteiger partial charge in [-0.05, 0) is 25.8 Å². The third kappa shape index (κ3) is 4.79. The van der Waals surface area contributed by atoms with Gasteiger partial charge >= 0.3 is 0 Å². The molecule has 0 heterocycles. The van der Waals surface area contributed by atoms with Crippen molar-refractivity contribution in [1.29, 1.82) is 0 Å². The van der Waals surface area contributed by atoms with E-state index in [1.54, 1.807) is 6.21 Å². The van der Waals surface area contributed by atoms with E-state index < -0.39 is 0 Å². The summed E-state index contributed by atoms with van der Waals surface area (Å²) in [6, 6.07) is 0. The second kappa shape index (κ2) is 6.73. The SMILES string of the molecule is C=N/C(=C\C=N/CNC)C(C)C. The molecule has 0 aliphatic carbocycles. The maximum atomic E-state index is 4.06. The van der Waals surface area contributed by atoms with Crippen molar-refractivity contribution in [2.75, 3.05) is 13.7 Å². The fourth-order valence-electron chi connectivity index (χ4n) is 0.701. The van der Waals surface area contributed by atoms with Gasteiger partial charge in [0.05, 0.1) is 6.67 Å². The second-order valence-corrected chi connectivity index (χ2v) is 2.75. The molecule has 0 bridgehead atoms. The maximum Gasteiger partial charge on any atom is 0.0881 e. The number of hydrogen-bond acceptors (Lipinski definition) is 3. The van der Waals surface area contributed by atoms with Crippen LogP contribution < -0.4 is 5.32 Å². The number of nitrogens with zero attached hydrogens (tertiary/aromatic N) is 2. The standard InChI is InChI=1S/C9H17N3/c1-8(2)9(11-4)5-6-12-7-10-3/h5-6,8,10H,4,7H2,1-3H3/b9-5-,12-6-. The van der Waals surface area contributed by atoms with Gasteiger partial charge in [0.15, 0.2) is 0 Å². The van der Waals surface area contributed by atoms with Gasteiger partial charge in [-0.15, -0.1) is 0 Å². The molecule has 0 amide bonds. The van der Waals surface area contributed by atoms with Crippen LogP contribution in [0.15, 0.2) is 21.8 Å². The Morgan fingerprint density at radius 2 is 2.25 bits per heavy atom. The third-order valence-corrected chi connectivity index (χ3v) is 1.37. The molecule has 0 rings (SSSR count). The predicted octanol–water partition coefficient (Wildman–Crippen LogP) is 1.47. The van der Waals surface area contributed by atoms with Gasteiger partial charge in [0, 0.05) is 11.9 Å². The van der Waals surface area contributed by atoms with E-state index in [9.17, 15) is 0 Å². The van der Waals surface area contributed by atoms with Crippen molar-refractivity contribution in [3.63, 3.8) is 0 Å². The predicted molar refractivity (Wildman–Crippen MR) is 54.9 cm³/mol. The summed E-state index contributed by atoms with van der Waals surface area (Å²) in [6.07, 6.45) is 3.63. The van der Waals surface area contributed by atoms with Crippen molar-refractivity contribution in [2.45, 2.75) is 13.8 Å².